The fourth-order valence-corrected chi connectivity index (χ4v) is 2.12. The Morgan fingerprint density at radius 3 is 2.65 bits per heavy atom. The van der Waals surface area contributed by atoms with Crippen molar-refractivity contribution in [3.8, 4) is 0 Å². The highest BCUT2D eigenvalue weighted by Crippen LogP contribution is 2.00. The smallest absolute Gasteiger partial charge is 0.243 e. The predicted octanol–water partition coefficient (Wildman–Crippen LogP) is -0.347. The summed E-state index contributed by atoms with van der Waals surface area (Å²) in [5.74, 6) is 1.51. The van der Waals surface area contributed by atoms with Crippen molar-refractivity contribution in [2.75, 3.05) is 30.4 Å². The molecule has 0 spiro atoms. The minimum Gasteiger partial charge on any atom is -0.396 e. The van der Waals surface area contributed by atoms with Gasteiger partial charge in [0.15, 0.2) is 0 Å². The van der Waals surface area contributed by atoms with Crippen molar-refractivity contribution in [3.63, 3.8) is 0 Å². The number of amides is 2. The van der Waals surface area contributed by atoms with Gasteiger partial charge in [-0.2, -0.15) is 24.4 Å². The second-order valence-corrected chi connectivity index (χ2v) is 5.01. The molecular weight excluding hydrogens is 260 g/mol. The van der Waals surface area contributed by atoms with E-state index in [0.29, 0.717) is 6.54 Å². The van der Waals surface area contributed by atoms with E-state index >= 15 is 0 Å². The topological polar surface area (TPSA) is 78.4 Å². The average molecular weight is 280 g/mol. The zero-order chi connectivity index (χ0) is 13.1. The molecular formula is C10H20N2O3S2. The Bertz CT molecular complexity index is 240. The molecule has 0 aliphatic heterocycles. The molecule has 0 aromatic carbocycles. The van der Waals surface area contributed by atoms with Crippen LogP contribution in [0.25, 0.3) is 0 Å². The first-order valence-electron chi connectivity index (χ1n) is 5.46. The lowest BCUT2D eigenvalue weighted by atomic mass is 10.3. The van der Waals surface area contributed by atoms with Gasteiger partial charge >= 0.3 is 0 Å². The Morgan fingerprint density at radius 2 is 2.12 bits per heavy atom. The SMILES string of the molecule is CC(=O)NC(CS)C(=O)NCCSCCCO. The maximum absolute atomic E-state index is 11.6. The molecule has 0 bridgehead atoms. The van der Waals surface area contributed by atoms with E-state index in [-0.39, 0.29) is 24.2 Å². The molecule has 0 aliphatic carbocycles. The number of thioether (sulfide) groups is 1. The number of thiol groups is 1. The summed E-state index contributed by atoms with van der Waals surface area (Å²) in [6, 6.07) is -0.571. The van der Waals surface area contributed by atoms with Crippen LogP contribution >= 0.6 is 24.4 Å². The normalized spacial score (nSPS) is 11.9. The second kappa shape index (κ2) is 10.7. The molecule has 0 radical (unpaired) electrons. The summed E-state index contributed by atoms with van der Waals surface area (Å²) >= 11 is 5.68. The Balaban J connectivity index is 3.64. The third kappa shape index (κ3) is 9.31. The Morgan fingerprint density at radius 1 is 1.41 bits per heavy atom. The molecule has 0 saturated heterocycles. The van der Waals surface area contributed by atoms with Gasteiger partial charge in [-0.3, -0.25) is 9.59 Å². The van der Waals surface area contributed by atoms with Gasteiger partial charge in [0, 0.05) is 31.6 Å². The van der Waals surface area contributed by atoms with Crippen molar-refractivity contribution in [2.45, 2.75) is 19.4 Å². The summed E-state index contributed by atoms with van der Waals surface area (Å²) in [7, 11) is 0. The van der Waals surface area contributed by atoms with Crippen molar-refractivity contribution in [2.24, 2.45) is 0 Å². The third-order valence-corrected chi connectivity index (χ3v) is 3.30. The number of carbonyl (C=O) groups is 2. The summed E-state index contributed by atoms with van der Waals surface area (Å²) in [6.07, 6.45) is 0.768. The standard InChI is InChI=1S/C10H20N2O3S2/c1-8(14)12-9(7-16)10(15)11-3-6-17-5-2-4-13/h9,13,16H,2-7H2,1H3,(H,11,15)(H,12,14). The molecule has 5 nitrogen and oxygen atoms in total. The highest BCUT2D eigenvalue weighted by atomic mass is 32.2. The van der Waals surface area contributed by atoms with Gasteiger partial charge in [-0.15, -0.1) is 0 Å². The first kappa shape index (κ1) is 16.6. The van der Waals surface area contributed by atoms with Crippen LogP contribution in [0.15, 0.2) is 0 Å². The third-order valence-electron chi connectivity index (χ3n) is 1.87. The van der Waals surface area contributed by atoms with Gasteiger partial charge in [0.05, 0.1) is 0 Å². The minimum atomic E-state index is -0.571. The molecule has 17 heavy (non-hydrogen) atoms. The van der Waals surface area contributed by atoms with Gasteiger partial charge in [0.1, 0.15) is 6.04 Å². The molecule has 1 unspecified atom stereocenters. The van der Waals surface area contributed by atoms with Crippen LogP contribution in [0.1, 0.15) is 13.3 Å². The number of aliphatic hydroxyl groups is 1. The molecule has 100 valence electrons. The van der Waals surface area contributed by atoms with Crippen molar-refractivity contribution >= 4 is 36.2 Å². The number of hydrogen-bond acceptors (Lipinski definition) is 5. The Kier molecular flexibility index (Phi) is 10.5. The first-order valence-corrected chi connectivity index (χ1v) is 7.24. The van der Waals surface area contributed by atoms with Crippen molar-refractivity contribution in [1.82, 2.24) is 10.6 Å². The van der Waals surface area contributed by atoms with E-state index < -0.39 is 6.04 Å². The van der Waals surface area contributed by atoms with Crippen LogP contribution in [0.2, 0.25) is 0 Å². The van der Waals surface area contributed by atoms with Crippen LogP contribution < -0.4 is 10.6 Å². The number of hydrogen-bond donors (Lipinski definition) is 4. The summed E-state index contributed by atoms with van der Waals surface area (Å²) < 4.78 is 0. The lowest BCUT2D eigenvalue weighted by molar-refractivity contribution is -0.127. The van der Waals surface area contributed by atoms with E-state index in [1.165, 1.54) is 6.92 Å². The van der Waals surface area contributed by atoms with E-state index in [2.05, 4.69) is 23.3 Å². The predicted molar refractivity (Wildman–Crippen MR) is 73.5 cm³/mol. The summed E-state index contributed by atoms with van der Waals surface area (Å²) in [6.45, 7) is 2.12. The van der Waals surface area contributed by atoms with Crippen molar-refractivity contribution < 1.29 is 14.7 Å². The lowest BCUT2D eigenvalue weighted by Crippen LogP contribution is -2.47. The van der Waals surface area contributed by atoms with Gasteiger partial charge in [-0.1, -0.05) is 0 Å². The first-order chi connectivity index (χ1) is 8.11. The van der Waals surface area contributed by atoms with E-state index in [0.717, 1.165) is 17.9 Å². The molecule has 0 heterocycles. The van der Waals surface area contributed by atoms with Crippen LogP contribution in [0.3, 0.4) is 0 Å². The van der Waals surface area contributed by atoms with E-state index in [1.54, 1.807) is 11.8 Å². The summed E-state index contributed by atoms with van der Waals surface area (Å²) in [5.41, 5.74) is 0. The van der Waals surface area contributed by atoms with Crippen LogP contribution in [-0.4, -0.2) is 53.4 Å². The van der Waals surface area contributed by atoms with Gasteiger partial charge in [0.25, 0.3) is 0 Å². The molecule has 0 fully saturated rings. The van der Waals surface area contributed by atoms with Gasteiger partial charge < -0.3 is 15.7 Å². The Hall–Kier alpha value is -0.400. The van der Waals surface area contributed by atoms with Gasteiger partial charge in [0.2, 0.25) is 11.8 Å². The van der Waals surface area contributed by atoms with E-state index in [9.17, 15) is 9.59 Å². The second-order valence-electron chi connectivity index (χ2n) is 3.42. The molecule has 3 N–H and O–H groups in total. The summed E-state index contributed by atoms with van der Waals surface area (Å²) in [4.78, 5) is 22.4. The number of nitrogens with one attached hydrogen (secondary N) is 2. The Labute approximate surface area is 112 Å². The van der Waals surface area contributed by atoms with Crippen LogP contribution in [-0.2, 0) is 9.59 Å². The average Bonchev–Trinajstić information content (AvgIpc) is 2.30. The van der Waals surface area contributed by atoms with Crippen molar-refractivity contribution in [1.29, 1.82) is 0 Å². The maximum Gasteiger partial charge on any atom is 0.243 e. The summed E-state index contributed by atoms with van der Waals surface area (Å²) in [5, 5.41) is 13.8. The highest BCUT2D eigenvalue weighted by Gasteiger charge is 2.16. The molecule has 0 saturated carbocycles. The molecule has 7 heteroatoms. The molecule has 0 aromatic heterocycles. The van der Waals surface area contributed by atoms with Crippen LogP contribution in [0, 0.1) is 0 Å². The number of carbonyl (C=O) groups excluding carboxylic acids is 2. The molecule has 1 atom stereocenters. The van der Waals surface area contributed by atoms with Crippen LogP contribution in [0.4, 0.5) is 0 Å². The van der Waals surface area contributed by atoms with Crippen molar-refractivity contribution in [3.05, 3.63) is 0 Å². The highest BCUT2D eigenvalue weighted by molar-refractivity contribution is 7.99. The minimum absolute atomic E-state index is 0.198. The fraction of sp³-hybridized carbons (Fsp3) is 0.800. The lowest BCUT2D eigenvalue weighted by Gasteiger charge is -2.15. The zero-order valence-electron chi connectivity index (χ0n) is 9.94. The van der Waals surface area contributed by atoms with E-state index in [1.807, 2.05) is 0 Å². The zero-order valence-corrected chi connectivity index (χ0v) is 11.7. The number of rotatable bonds is 9. The number of aliphatic hydroxyl groups excluding tert-OH is 1. The molecule has 2 amide bonds. The molecule has 0 aromatic rings. The van der Waals surface area contributed by atoms with Gasteiger partial charge in [-0.25, -0.2) is 0 Å². The molecule has 0 aliphatic rings. The van der Waals surface area contributed by atoms with Crippen LogP contribution in [0.5, 0.6) is 0 Å². The monoisotopic (exact) mass is 280 g/mol. The largest absolute Gasteiger partial charge is 0.396 e. The van der Waals surface area contributed by atoms with Gasteiger partial charge in [-0.05, 0) is 12.2 Å². The van der Waals surface area contributed by atoms with E-state index in [4.69, 9.17) is 5.11 Å². The quantitative estimate of drug-likeness (QED) is 0.344. The fourth-order valence-electron chi connectivity index (χ4n) is 1.08. The maximum atomic E-state index is 11.6. The molecule has 0 rings (SSSR count).